The Morgan fingerprint density at radius 2 is 1.57 bits per heavy atom. The number of carbonyl (C=O) groups is 1. The Kier molecular flexibility index (Phi) is 7.02. The minimum Gasteiger partial charge on any atom is -0.460 e. The standard InChI is InChI=1S/C27H37NO2/c1-26(2,3)30-25(29)24-14-10-9-13-23(24)21-17-15-20(16-18-21)19-28-27(4,5)22-11-7-6-8-12-22/h6-8,11-12,15-18,23-24,28H,9-10,13-14,19H2,1-5H3/t23-,24+/m1/s1. The second kappa shape index (κ2) is 9.34. The highest BCUT2D eigenvalue weighted by Gasteiger charge is 2.35. The summed E-state index contributed by atoms with van der Waals surface area (Å²) in [6.07, 6.45) is 4.27. The number of carbonyl (C=O) groups excluding carboxylic acids is 1. The van der Waals surface area contributed by atoms with Crippen molar-refractivity contribution in [3.05, 3.63) is 71.3 Å². The molecule has 1 N–H and O–H groups in total. The predicted octanol–water partition coefficient (Wildman–Crippen LogP) is 6.33. The fraction of sp³-hybridized carbons (Fsp3) is 0.519. The van der Waals surface area contributed by atoms with E-state index >= 15 is 0 Å². The van der Waals surface area contributed by atoms with Gasteiger partial charge in [0.1, 0.15) is 5.60 Å². The molecule has 0 heterocycles. The van der Waals surface area contributed by atoms with E-state index in [1.54, 1.807) is 0 Å². The zero-order chi connectivity index (χ0) is 21.8. The predicted molar refractivity (Wildman–Crippen MR) is 123 cm³/mol. The van der Waals surface area contributed by atoms with Gasteiger partial charge in [0.05, 0.1) is 5.92 Å². The highest BCUT2D eigenvalue weighted by Crippen LogP contribution is 2.39. The molecule has 0 radical (unpaired) electrons. The maximum absolute atomic E-state index is 12.8. The molecular weight excluding hydrogens is 370 g/mol. The van der Waals surface area contributed by atoms with E-state index < -0.39 is 5.60 Å². The monoisotopic (exact) mass is 407 g/mol. The Hall–Kier alpha value is -2.13. The van der Waals surface area contributed by atoms with Crippen molar-refractivity contribution in [3.8, 4) is 0 Å². The molecule has 1 aliphatic carbocycles. The van der Waals surface area contributed by atoms with Gasteiger partial charge in [-0.15, -0.1) is 0 Å². The van der Waals surface area contributed by atoms with Gasteiger partial charge in [-0.1, -0.05) is 67.4 Å². The van der Waals surface area contributed by atoms with Crippen molar-refractivity contribution in [1.29, 1.82) is 0 Å². The summed E-state index contributed by atoms with van der Waals surface area (Å²) in [6.45, 7) is 11.1. The molecule has 0 aromatic heterocycles. The van der Waals surface area contributed by atoms with Gasteiger partial charge >= 0.3 is 5.97 Å². The van der Waals surface area contributed by atoms with Gasteiger partial charge < -0.3 is 10.1 Å². The lowest BCUT2D eigenvalue weighted by Crippen LogP contribution is -2.35. The van der Waals surface area contributed by atoms with E-state index in [9.17, 15) is 4.79 Å². The van der Waals surface area contributed by atoms with Crippen LogP contribution in [0.3, 0.4) is 0 Å². The van der Waals surface area contributed by atoms with Gasteiger partial charge in [0.2, 0.25) is 0 Å². The molecule has 3 rings (SSSR count). The minimum absolute atomic E-state index is 0.0287. The molecule has 2 aromatic rings. The van der Waals surface area contributed by atoms with Crippen molar-refractivity contribution in [2.24, 2.45) is 5.92 Å². The molecular formula is C27H37NO2. The average Bonchev–Trinajstić information content (AvgIpc) is 2.72. The van der Waals surface area contributed by atoms with Gasteiger partial charge in [-0.05, 0) is 70.1 Å². The highest BCUT2D eigenvalue weighted by atomic mass is 16.6. The highest BCUT2D eigenvalue weighted by molar-refractivity contribution is 5.74. The molecule has 3 nitrogen and oxygen atoms in total. The maximum Gasteiger partial charge on any atom is 0.310 e. The Morgan fingerprint density at radius 1 is 0.933 bits per heavy atom. The van der Waals surface area contributed by atoms with Crippen LogP contribution in [0.4, 0.5) is 0 Å². The molecule has 30 heavy (non-hydrogen) atoms. The third-order valence-electron chi connectivity index (χ3n) is 6.11. The molecule has 1 fully saturated rings. The Bertz CT molecular complexity index is 818. The summed E-state index contributed by atoms with van der Waals surface area (Å²) < 4.78 is 5.72. The number of hydrogen-bond acceptors (Lipinski definition) is 3. The molecule has 162 valence electrons. The van der Waals surface area contributed by atoms with Crippen LogP contribution in [0.15, 0.2) is 54.6 Å². The van der Waals surface area contributed by atoms with Gasteiger partial charge in [0.15, 0.2) is 0 Å². The summed E-state index contributed by atoms with van der Waals surface area (Å²) in [5.41, 5.74) is 3.28. The summed E-state index contributed by atoms with van der Waals surface area (Å²) in [4.78, 5) is 12.8. The first kappa shape index (κ1) is 22.6. The van der Waals surface area contributed by atoms with Crippen molar-refractivity contribution in [3.63, 3.8) is 0 Å². The fourth-order valence-corrected chi connectivity index (χ4v) is 4.35. The smallest absolute Gasteiger partial charge is 0.310 e. The molecule has 0 aliphatic heterocycles. The largest absolute Gasteiger partial charge is 0.460 e. The SMILES string of the molecule is CC(C)(C)OC(=O)[C@H]1CCCC[C@@H]1c1ccc(CNC(C)(C)c2ccccc2)cc1. The molecule has 2 atom stereocenters. The van der Waals surface area contributed by atoms with Gasteiger partial charge in [0.25, 0.3) is 0 Å². The van der Waals surface area contributed by atoms with E-state index in [1.165, 1.54) is 23.1 Å². The first-order chi connectivity index (χ1) is 14.2. The topological polar surface area (TPSA) is 38.3 Å². The van der Waals surface area contributed by atoms with Gasteiger partial charge in [0, 0.05) is 12.1 Å². The van der Waals surface area contributed by atoms with Gasteiger partial charge in [-0.3, -0.25) is 4.79 Å². The summed E-state index contributed by atoms with van der Waals surface area (Å²) in [5.74, 6) is 0.192. The third kappa shape index (κ3) is 5.95. The van der Waals surface area contributed by atoms with Crippen LogP contribution in [0.25, 0.3) is 0 Å². The van der Waals surface area contributed by atoms with Gasteiger partial charge in [-0.2, -0.15) is 0 Å². The zero-order valence-corrected chi connectivity index (χ0v) is 19.2. The summed E-state index contributed by atoms with van der Waals surface area (Å²) in [7, 11) is 0. The Morgan fingerprint density at radius 3 is 2.20 bits per heavy atom. The van der Waals surface area contributed by atoms with Crippen LogP contribution in [0, 0.1) is 5.92 Å². The number of benzene rings is 2. The minimum atomic E-state index is -0.430. The van der Waals surface area contributed by atoms with Crippen LogP contribution in [-0.2, 0) is 21.6 Å². The molecule has 1 saturated carbocycles. The molecule has 0 bridgehead atoms. The molecule has 0 unspecified atom stereocenters. The number of esters is 1. The molecule has 0 saturated heterocycles. The second-order valence-corrected chi connectivity index (χ2v) is 10.1. The number of hydrogen-bond donors (Lipinski definition) is 1. The Balaban J connectivity index is 1.66. The van der Waals surface area contributed by atoms with Crippen molar-refractivity contribution >= 4 is 5.97 Å². The van der Waals surface area contributed by atoms with Gasteiger partial charge in [-0.25, -0.2) is 0 Å². The summed E-state index contributed by atoms with van der Waals surface area (Å²) in [5, 5.41) is 3.67. The normalized spacial score (nSPS) is 20.0. The number of nitrogens with one attached hydrogen (secondary N) is 1. The lowest BCUT2D eigenvalue weighted by Gasteiger charge is -2.33. The van der Waals surface area contributed by atoms with Crippen LogP contribution in [-0.4, -0.2) is 11.6 Å². The summed E-state index contributed by atoms with van der Waals surface area (Å²) in [6, 6.07) is 19.4. The van der Waals surface area contributed by atoms with Crippen LogP contribution in [0.2, 0.25) is 0 Å². The molecule has 3 heteroatoms. The zero-order valence-electron chi connectivity index (χ0n) is 19.2. The second-order valence-electron chi connectivity index (χ2n) is 10.1. The third-order valence-corrected chi connectivity index (χ3v) is 6.11. The van der Waals surface area contributed by atoms with Crippen molar-refractivity contribution in [2.75, 3.05) is 0 Å². The quantitative estimate of drug-likeness (QED) is 0.569. The lowest BCUT2D eigenvalue weighted by molar-refractivity contribution is -0.161. The van der Waals surface area contributed by atoms with Crippen molar-refractivity contribution in [1.82, 2.24) is 5.32 Å². The maximum atomic E-state index is 12.8. The van der Waals surface area contributed by atoms with E-state index in [4.69, 9.17) is 4.74 Å². The Labute approximate surface area is 182 Å². The first-order valence-corrected chi connectivity index (χ1v) is 11.3. The molecule has 0 amide bonds. The summed E-state index contributed by atoms with van der Waals surface area (Å²) >= 11 is 0. The molecule has 2 aromatic carbocycles. The lowest BCUT2D eigenvalue weighted by atomic mass is 9.75. The molecule has 1 aliphatic rings. The van der Waals surface area contributed by atoms with E-state index in [0.29, 0.717) is 0 Å². The van der Waals surface area contributed by atoms with E-state index in [0.717, 1.165) is 25.8 Å². The van der Waals surface area contributed by atoms with Crippen LogP contribution >= 0.6 is 0 Å². The first-order valence-electron chi connectivity index (χ1n) is 11.3. The fourth-order valence-electron chi connectivity index (χ4n) is 4.35. The van der Waals surface area contributed by atoms with Crippen molar-refractivity contribution < 1.29 is 9.53 Å². The van der Waals surface area contributed by atoms with Crippen LogP contribution in [0.5, 0.6) is 0 Å². The number of rotatable bonds is 6. The van der Waals surface area contributed by atoms with Crippen LogP contribution in [0.1, 0.15) is 82.9 Å². The van der Waals surface area contributed by atoms with E-state index in [-0.39, 0.29) is 23.3 Å². The van der Waals surface area contributed by atoms with E-state index in [1.807, 2.05) is 26.8 Å². The van der Waals surface area contributed by atoms with E-state index in [2.05, 4.69) is 67.7 Å². The average molecular weight is 408 g/mol. The van der Waals surface area contributed by atoms with Crippen molar-refractivity contribution in [2.45, 2.75) is 83.9 Å². The molecule has 0 spiro atoms. The van der Waals surface area contributed by atoms with Crippen LogP contribution < -0.4 is 5.32 Å². The number of ether oxygens (including phenoxy) is 1.